The van der Waals surface area contributed by atoms with E-state index in [0.717, 1.165) is 11.0 Å². The summed E-state index contributed by atoms with van der Waals surface area (Å²) in [5.74, 6) is -0.480. The van der Waals surface area contributed by atoms with Crippen LogP contribution in [0.4, 0.5) is 10.5 Å². The average molecular weight is 433 g/mol. The Labute approximate surface area is 186 Å². The number of hydrogen-bond acceptors (Lipinski definition) is 6. The molecule has 0 radical (unpaired) electrons. The highest BCUT2D eigenvalue weighted by Gasteiger charge is 2.53. The Morgan fingerprint density at radius 1 is 0.935 bits per heavy atom. The number of anilines is 1. The van der Waals surface area contributed by atoms with Crippen LogP contribution in [0.1, 0.15) is 75.5 Å². The quantitative estimate of drug-likeness (QED) is 0.529. The van der Waals surface area contributed by atoms with Crippen molar-refractivity contribution >= 4 is 30.3 Å². The van der Waals surface area contributed by atoms with Gasteiger partial charge in [-0.15, -0.1) is 0 Å². The molecule has 2 rings (SSSR count). The summed E-state index contributed by atoms with van der Waals surface area (Å²) in [6, 6.07) is 0. The minimum atomic E-state index is -0.695. The lowest BCUT2D eigenvalue weighted by Gasteiger charge is -2.32. The van der Waals surface area contributed by atoms with Gasteiger partial charge in [-0.2, -0.15) is 0 Å². The maximum absolute atomic E-state index is 12.9. The number of carbonyl (C=O) groups is 2. The summed E-state index contributed by atoms with van der Waals surface area (Å²) >= 11 is 0. The van der Waals surface area contributed by atoms with Crippen molar-refractivity contribution in [2.75, 3.05) is 19.1 Å². The lowest BCUT2D eigenvalue weighted by atomic mass is 9.70. The molecule has 0 unspecified atom stereocenters. The molecule has 31 heavy (non-hydrogen) atoms. The highest BCUT2D eigenvalue weighted by atomic mass is 16.7. The monoisotopic (exact) mass is 433 g/mol. The number of nitrogens with zero attached hydrogens (tertiary/aromatic N) is 1. The van der Waals surface area contributed by atoms with Crippen molar-refractivity contribution in [1.29, 1.82) is 0 Å². The van der Waals surface area contributed by atoms with Crippen LogP contribution in [0.2, 0.25) is 0 Å². The second-order valence-electron chi connectivity index (χ2n) is 10.1. The average Bonchev–Trinajstić information content (AvgIpc) is 2.79. The molecule has 0 saturated carbocycles. The minimum absolute atomic E-state index is 0.392. The fourth-order valence-corrected chi connectivity index (χ4v) is 3.87. The molecule has 1 fully saturated rings. The van der Waals surface area contributed by atoms with Crippen LogP contribution in [-0.2, 0) is 18.8 Å². The molecule has 1 aliphatic rings. The van der Waals surface area contributed by atoms with E-state index in [4.69, 9.17) is 18.8 Å². The molecule has 0 N–H and O–H groups in total. The third-order valence-corrected chi connectivity index (χ3v) is 6.15. The zero-order chi connectivity index (χ0) is 24.1. The van der Waals surface area contributed by atoms with Crippen molar-refractivity contribution in [2.45, 2.75) is 86.0 Å². The van der Waals surface area contributed by atoms with Crippen molar-refractivity contribution < 1.29 is 28.4 Å². The highest BCUT2D eigenvalue weighted by Crippen LogP contribution is 2.39. The second-order valence-corrected chi connectivity index (χ2v) is 10.1. The van der Waals surface area contributed by atoms with Gasteiger partial charge in [0, 0.05) is 7.05 Å². The Kier molecular flexibility index (Phi) is 6.61. The second kappa shape index (κ2) is 8.13. The summed E-state index contributed by atoms with van der Waals surface area (Å²) in [5.41, 5.74) is 2.06. The Bertz CT molecular complexity index is 885. The number of esters is 1. The van der Waals surface area contributed by atoms with E-state index in [1.807, 2.05) is 62.3 Å². The predicted octanol–water partition coefficient (Wildman–Crippen LogP) is 4.07. The minimum Gasteiger partial charge on any atom is -0.465 e. The van der Waals surface area contributed by atoms with Crippen LogP contribution in [0.15, 0.2) is 0 Å². The molecule has 0 spiro atoms. The van der Waals surface area contributed by atoms with Crippen LogP contribution < -0.4 is 10.4 Å². The summed E-state index contributed by atoms with van der Waals surface area (Å²) < 4.78 is 23.2. The lowest BCUT2D eigenvalue weighted by Crippen LogP contribution is -2.42. The van der Waals surface area contributed by atoms with Crippen LogP contribution >= 0.6 is 0 Å². The van der Waals surface area contributed by atoms with Crippen molar-refractivity contribution in [3.8, 4) is 0 Å². The SMILES string of the molecule is COC(=O)c1c(C)c(B2OC(C)(C)C(C)(C)O2)c(C)c(N(C)C(=O)OC(C)(C)C)c1C. The standard InChI is InChI=1S/C23H36BNO6/c1-13-16(19(26)28-12)14(2)18(25(11)20(27)29-21(4,5)6)15(3)17(13)24-30-22(7,8)23(9,10)31-24/h1-12H3. The largest absolute Gasteiger partial charge is 0.495 e. The molecule has 0 atom stereocenters. The van der Waals surface area contributed by atoms with Crippen molar-refractivity contribution in [1.82, 2.24) is 0 Å². The third-order valence-electron chi connectivity index (χ3n) is 6.15. The van der Waals surface area contributed by atoms with E-state index in [1.54, 1.807) is 14.0 Å². The lowest BCUT2D eigenvalue weighted by molar-refractivity contribution is 0.00578. The first-order valence-electron chi connectivity index (χ1n) is 10.5. The molecular formula is C23H36BNO6. The van der Waals surface area contributed by atoms with Crippen molar-refractivity contribution in [3.05, 3.63) is 22.3 Å². The van der Waals surface area contributed by atoms with E-state index in [1.165, 1.54) is 12.0 Å². The molecule has 0 bridgehead atoms. The third kappa shape index (κ3) is 4.60. The smallest absolute Gasteiger partial charge is 0.465 e. The van der Waals surface area contributed by atoms with Gasteiger partial charge in [0.05, 0.1) is 29.6 Å². The number of methoxy groups -OCH3 is 1. The number of amides is 1. The van der Waals surface area contributed by atoms with Crippen LogP contribution in [0, 0.1) is 20.8 Å². The van der Waals surface area contributed by atoms with E-state index in [9.17, 15) is 9.59 Å². The number of benzene rings is 1. The van der Waals surface area contributed by atoms with Gasteiger partial charge < -0.3 is 18.8 Å². The van der Waals surface area contributed by atoms with Gasteiger partial charge in [-0.3, -0.25) is 4.90 Å². The van der Waals surface area contributed by atoms with Gasteiger partial charge in [0.2, 0.25) is 0 Å². The van der Waals surface area contributed by atoms with Crippen LogP contribution in [0.25, 0.3) is 0 Å². The Morgan fingerprint density at radius 3 is 1.84 bits per heavy atom. The van der Waals surface area contributed by atoms with Gasteiger partial charge in [0.15, 0.2) is 0 Å². The van der Waals surface area contributed by atoms with E-state index in [0.29, 0.717) is 22.4 Å². The topological polar surface area (TPSA) is 74.3 Å². The summed E-state index contributed by atoms with van der Waals surface area (Å²) in [7, 11) is 2.28. The van der Waals surface area contributed by atoms with Gasteiger partial charge in [-0.1, -0.05) is 0 Å². The number of ether oxygens (including phenoxy) is 2. The predicted molar refractivity (Wildman–Crippen MR) is 122 cm³/mol. The molecule has 7 nitrogen and oxygen atoms in total. The zero-order valence-corrected chi connectivity index (χ0v) is 21.0. The van der Waals surface area contributed by atoms with Crippen molar-refractivity contribution in [3.63, 3.8) is 0 Å². The molecule has 8 heteroatoms. The van der Waals surface area contributed by atoms with E-state index in [-0.39, 0.29) is 0 Å². The van der Waals surface area contributed by atoms with Gasteiger partial charge in [-0.05, 0) is 91.4 Å². The molecule has 172 valence electrons. The number of carbonyl (C=O) groups excluding carboxylic acids is 2. The molecule has 1 heterocycles. The molecule has 1 aromatic rings. The summed E-state index contributed by atoms with van der Waals surface area (Å²) in [6.45, 7) is 18.9. The Morgan fingerprint density at radius 2 is 1.42 bits per heavy atom. The fourth-order valence-electron chi connectivity index (χ4n) is 3.87. The normalized spacial score (nSPS) is 17.5. The molecule has 1 amide bonds. The molecule has 0 aliphatic carbocycles. The van der Waals surface area contributed by atoms with E-state index >= 15 is 0 Å². The highest BCUT2D eigenvalue weighted by molar-refractivity contribution is 6.63. The summed E-state index contributed by atoms with van der Waals surface area (Å²) in [6.07, 6.45) is -0.516. The molecule has 0 aromatic heterocycles. The van der Waals surface area contributed by atoms with Gasteiger partial charge in [0.1, 0.15) is 5.60 Å². The van der Waals surface area contributed by atoms with Crippen molar-refractivity contribution in [2.24, 2.45) is 0 Å². The van der Waals surface area contributed by atoms with Gasteiger partial charge in [0.25, 0.3) is 0 Å². The van der Waals surface area contributed by atoms with Crippen LogP contribution in [0.5, 0.6) is 0 Å². The van der Waals surface area contributed by atoms with Crippen LogP contribution in [-0.4, -0.2) is 50.1 Å². The van der Waals surface area contributed by atoms with Gasteiger partial charge in [-0.25, -0.2) is 9.59 Å². The Hall–Kier alpha value is -2.06. The summed E-state index contributed by atoms with van der Waals surface area (Å²) in [4.78, 5) is 27.0. The number of rotatable bonds is 3. The molecule has 1 aliphatic heterocycles. The van der Waals surface area contributed by atoms with E-state index in [2.05, 4.69) is 0 Å². The van der Waals surface area contributed by atoms with Gasteiger partial charge >= 0.3 is 19.2 Å². The first-order valence-corrected chi connectivity index (χ1v) is 10.5. The molecule has 1 aromatic carbocycles. The first-order chi connectivity index (χ1) is 13.9. The van der Waals surface area contributed by atoms with E-state index < -0.39 is 36.0 Å². The zero-order valence-electron chi connectivity index (χ0n) is 21.0. The Balaban J connectivity index is 2.74. The maximum Gasteiger partial charge on any atom is 0.495 e. The summed E-state index contributed by atoms with van der Waals surface area (Å²) in [5, 5.41) is 0. The molecule has 1 saturated heterocycles. The number of hydrogen-bond donors (Lipinski definition) is 0. The van der Waals surface area contributed by atoms with Crippen LogP contribution in [0.3, 0.4) is 0 Å². The maximum atomic E-state index is 12.9. The first kappa shape index (κ1) is 25.2. The fraction of sp³-hybridized carbons (Fsp3) is 0.652. The molecular weight excluding hydrogens is 397 g/mol.